The summed E-state index contributed by atoms with van der Waals surface area (Å²) in [6, 6.07) is 20.2. The average Bonchev–Trinajstić information content (AvgIpc) is 3.28. The topological polar surface area (TPSA) is 86.2 Å². The Morgan fingerprint density at radius 3 is 2.30 bits per heavy atom. The predicted octanol–water partition coefficient (Wildman–Crippen LogP) is 4.49. The molecule has 3 aromatic heterocycles. The van der Waals surface area contributed by atoms with Crippen molar-refractivity contribution in [1.29, 1.82) is 0 Å². The van der Waals surface area contributed by atoms with Gasteiger partial charge >= 0.3 is 5.69 Å². The van der Waals surface area contributed by atoms with E-state index in [0.717, 1.165) is 27.0 Å². The lowest BCUT2D eigenvalue weighted by atomic mass is 10.0. The monoisotopic (exact) mass is 457 g/mol. The van der Waals surface area contributed by atoms with Gasteiger partial charge in [-0.3, -0.25) is 9.78 Å². The van der Waals surface area contributed by atoms with E-state index in [9.17, 15) is 9.59 Å². The van der Waals surface area contributed by atoms with Crippen LogP contribution < -0.4 is 20.7 Å². The second kappa shape index (κ2) is 8.40. The fourth-order valence-corrected chi connectivity index (χ4v) is 4.66. The number of aromatic nitrogens is 3. The van der Waals surface area contributed by atoms with Gasteiger partial charge in [0.2, 0.25) is 5.88 Å². The number of methoxy groups -OCH3 is 2. The summed E-state index contributed by atoms with van der Waals surface area (Å²) in [6.45, 7) is 0. The number of thiophene rings is 1. The first-order chi connectivity index (χ1) is 16.1. The van der Waals surface area contributed by atoms with Gasteiger partial charge in [0.05, 0.1) is 31.0 Å². The Morgan fingerprint density at radius 1 is 0.879 bits per heavy atom. The summed E-state index contributed by atoms with van der Waals surface area (Å²) in [5, 5.41) is 2.36. The van der Waals surface area contributed by atoms with Gasteiger partial charge < -0.3 is 9.47 Å². The Hall–Kier alpha value is -4.17. The van der Waals surface area contributed by atoms with Crippen molar-refractivity contribution < 1.29 is 9.47 Å². The second-order valence-electron chi connectivity index (χ2n) is 7.26. The van der Waals surface area contributed by atoms with Gasteiger partial charge in [0, 0.05) is 22.6 Å². The van der Waals surface area contributed by atoms with E-state index in [1.165, 1.54) is 11.3 Å². The van der Waals surface area contributed by atoms with Gasteiger partial charge in [-0.05, 0) is 35.9 Å². The van der Waals surface area contributed by atoms with Crippen molar-refractivity contribution in [1.82, 2.24) is 14.5 Å². The Kier molecular flexibility index (Phi) is 5.27. The van der Waals surface area contributed by atoms with E-state index in [4.69, 9.17) is 9.47 Å². The van der Waals surface area contributed by atoms with Crippen LogP contribution in [-0.4, -0.2) is 28.8 Å². The molecule has 3 heterocycles. The molecule has 1 N–H and O–H groups in total. The Bertz CT molecular complexity index is 1570. The highest BCUT2D eigenvalue weighted by atomic mass is 32.1. The van der Waals surface area contributed by atoms with Gasteiger partial charge in [0.25, 0.3) is 5.56 Å². The van der Waals surface area contributed by atoms with E-state index >= 15 is 0 Å². The zero-order chi connectivity index (χ0) is 22.9. The van der Waals surface area contributed by atoms with Gasteiger partial charge in [-0.25, -0.2) is 14.3 Å². The summed E-state index contributed by atoms with van der Waals surface area (Å²) in [6.07, 6.45) is 0. The maximum absolute atomic E-state index is 13.4. The lowest BCUT2D eigenvalue weighted by Gasteiger charge is -2.08. The first-order valence-electron chi connectivity index (χ1n) is 10.1. The van der Waals surface area contributed by atoms with E-state index < -0.39 is 5.69 Å². The molecular formula is C25H19N3O4S. The fourth-order valence-electron chi connectivity index (χ4n) is 3.71. The van der Waals surface area contributed by atoms with Crippen molar-refractivity contribution in [2.45, 2.75) is 0 Å². The van der Waals surface area contributed by atoms with Crippen LogP contribution in [0.1, 0.15) is 0 Å². The SMILES string of the molecule is COc1ccc(-n2c(=O)[nH]c3scc(-c4ccc(-c5cccc(OC)n5)cc4)c3c2=O)cc1. The minimum absolute atomic E-state index is 0.367. The molecule has 0 amide bonds. The van der Waals surface area contributed by atoms with Crippen LogP contribution in [0.15, 0.2) is 81.7 Å². The molecule has 2 aromatic carbocycles. The molecule has 5 aromatic rings. The number of pyridine rings is 1. The Morgan fingerprint density at radius 2 is 1.61 bits per heavy atom. The molecule has 164 valence electrons. The third-order valence-corrected chi connectivity index (χ3v) is 6.28. The molecule has 0 fully saturated rings. The lowest BCUT2D eigenvalue weighted by Crippen LogP contribution is -2.33. The smallest absolute Gasteiger partial charge is 0.334 e. The van der Waals surface area contributed by atoms with E-state index in [2.05, 4.69) is 9.97 Å². The largest absolute Gasteiger partial charge is 0.497 e. The van der Waals surface area contributed by atoms with Crippen molar-refractivity contribution in [2.24, 2.45) is 0 Å². The van der Waals surface area contributed by atoms with Gasteiger partial charge in [0.1, 0.15) is 10.6 Å². The predicted molar refractivity (Wildman–Crippen MR) is 130 cm³/mol. The van der Waals surface area contributed by atoms with Crippen molar-refractivity contribution in [3.8, 4) is 39.7 Å². The number of H-pyrrole nitrogens is 1. The van der Waals surface area contributed by atoms with Crippen molar-refractivity contribution in [3.63, 3.8) is 0 Å². The zero-order valence-electron chi connectivity index (χ0n) is 17.9. The summed E-state index contributed by atoms with van der Waals surface area (Å²) >= 11 is 1.33. The first-order valence-corrected chi connectivity index (χ1v) is 11.0. The molecule has 0 radical (unpaired) electrons. The fraction of sp³-hybridized carbons (Fsp3) is 0.0800. The van der Waals surface area contributed by atoms with Crippen LogP contribution in [0.25, 0.3) is 38.3 Å². The molecule has 0 aliphatic heterocycles. The maximum atomic E-state index is 13.4. The highest BCUT2D eigenvalue weighted by Gasteiger charge is 2.16. The van der Waals surface area contributed by atoms with Gasteiger partial charge in [0.15, 0.2) is 0 Å². The molecule has 8 heteroatoms. The van der Waals surface area contributed by atoms with Crippen molar-refractivity contribution in [3.05, 3.63) is 92.9 Å². The number of hydrogen-bond donors (Lipinski definition) is 1. The zero-order valence-corrected chi connectivity index (χ0v) is 18.7. The molecule has 0 spiro atoms. The minimum atomic E-state index is -0.481. The molecule has 0 bridgehead atoms. The quantitative estimate of drug-likeness (QED) is 0.420. The summed E-state index contributed by atoms with van der Waals surface area (Å²) in [5.41, 5.74) is 2.99. The maximum Gasteiger partial charge on any atom is 0.334 e. The highest BCUT2D eigenvalue weighted by molar-refractivity contribution is 7.17. The summed E-state index contributed by atoms with van der Waals surface area (Å²) < 4.78 is 11.5. The molecule has 5 rings (SSSR count). The third-order valence-electron chi connectivity index (χ3n) is 5.39. The van der Waals surface area contributed by atoms with Gasteiger partial charge in [-0.1, -0.05) is 30.3 Å². The number of aromatic amines is 1. The molecule has 0 saturated carbocycles. The molecule has 0 saturated heterocycles. The Balaban J connectivity index is 1.60. The van der Waals surface area contributed by atoms with E-state index in [1.807, 2.05) is 41.8 Å². The normalized spacial score (nSPS) is 11.0. The van der Waals surface area contributed by atoms with Crippen LogP contribution in [0.4, 0.5) is 0 Å². The van der Waals surface area contributed by atoms with E-state index in [0.29, 0.717) is 27.5 Å². The van der Waals surface area contributed by atoms with E-state index in [-0.39, 0.29) is 5.56 Å². The van der Waals surface area contributed by atoms with E-state index in [1.54, 1.807) is 44.6 Å². The molecule has 7 nitrogen and oxygen atoms in total. The Labute approximate surface area is 192 Å². The number of hydrogen-bond acceptors (Lipinski definition) is 6. The third kappa shape index (κ3) is 3.70. The van der Waals surface area contributed by atoms with Crippen LogP contribution in [0.3, 0.4) is 0 Å². The van der Waals surface area contributed by atoms with Crippen LogP contribution >= 0.6 is 11.3 Å². The van der Waals surface area contributed by atoms with Gasteiger partial charge in [-0.2, -0.15) is 0 Å². The molecule has 33 heavy (non-hydrogen) atoms. The van der Waals surface area contributed by atoms with Crippen LogP contribution in [0.5, 0.6) is 11.6 Å². The second-order valence-corrected chi connectivity index (χ2v) is 8.14. The summed E-state index contributed by atoms with van der Waals surface area (Å²) in [5.74, 6) is 1.19. The molecule has 0 aliphatic carbocycles. The average molecular weight is 458 g/mol. The first kappa shape index (κ1) is 20.7. The summed E-state index contributed by atoms with van der Waals surface area (Å²) in [4.78, 5) is 33.9. The lowest BCUT2D eigenvalue weighted by molar-refractivity contribution is 0.398. The standard InChI is InChI=1S/C25H19N3O4S/c1-31-18-12-10-17(11-13-18)28-24(29)22-19(14-33-23(22)27-25(28)30)15-6-8-16(9-7-15)20-4-3-5-21(26-20)32-2/h3-14H,1-2H3,(H,27,30). The molecule has 0 unspecified atom stereocenters. The molecule has 0 atom stereocenters. The number of fused-ring (bicyclic) bond motifs is 1. The van der Waals surface area contributed by atoms with Crippen LogP contribution in [0.2, 0.25) is 0 Å². The highest BCUT2D eigenvalue weighted by Crippen LogP contribution is 2.32. The summed E-state index contributed by atoms with van der Waals surface area (Å²) in [7, 11) is 3.15. The number of benzene rings is 2. The number of nitrogens with one attached hydrogen (secondary N) is 1. The molecule has 0 aliphatic rings. The number of nitrogens with zero attached hydrogens (tertiary/aromatic N) is 2. The van der Waals surface area contributed by atoms with Gasteiger partial charge in [-0.15, -0.1) is 11.3 Å². The number of rotatable bonds is 5. The number of ether oxygens (including phenoxy) is 2. The molecular weight excluding hydrogens is 438 g/mol. The van der Waals surface area contributed by atoms with Crippen molar-refractivity contribution >= 4 is 21.6 Å². The van der Waals surface area contributed by atoms with Crippen LogP contribution in [0, 0.1) is 0 Å². The van der Waals surface area contributed by atoms with Crippen molar-refractivity contribution in [2.75, 3.05) is 14.2 Å². The minimum Gasteiger partial charge on any atom is -0.497 e. The van der Waals surface area contributed by atoms with Crippen LogP contribution in [-0.2, 0) is 0 Å².